The van der Waals surface area contributed by atoms with Gasteiger partial charge in [0.25, 0.3) is 5.91 Å². The molecule has 0 atom stereocenters. The van der Waals surface area contributed by atoms with Gasteiger partial charge in [-0.1, -0.05) is 43.3 Å². The van der Waals surface area contributed by atoms with E-state index in [1.165, 1.54) is 0 Å². The minimum atomic E-state index is -0.436. The summed E-state index contributed by atoms with van der Waals surface area (Å²) in [5.74, 6) is -0.511. The van der Waals surface area contributed by atoms with Gasteiger partial charge in [-0.05, 0) is 42.4 Å². The van der Waals surface area contributed by atoms with Crippen LogP contribution >= 0.6 is 12.2 Å². The number of rotatable bonds is 9. The van der Waals surface area contributed by atoms with Crippen molar-refractivity contribution in [1.82, 2.24) is 21.5 Å². The Hall–Kier alpha value is -3.46. The highest BCUT2D eigenvalue weighted by Gasteiger charge is 2.11. The van der Waals surface area contributed by atoms with Crippen LogP contribution in [0.2, 0.25) is 0 Å². The monoisotopic (exact) mass is 442 g/mol. The van der Waals surface area contributed by atoms with Gasteiger partial charge in [-0.3, -0.25) is 30.6 Å². The molecule has 8 nitrogen and oxygen atoms in total. The predicted molar refractivity (Wildman–Crippen MR) is 121 cm³/mol. The first kappa shape index (κ1) is 23.8. The number of carbonyl (C=O) groups is 3. The van der Waals surface area contributed by atoms with E-state index in [0.29, 0.717) is 24.5 Å². The van der Waals surface area contributed by atoms with E-state index in [1.807, 2.05) is 37.3 Å². The summed E-state index contributed by atoms with van der Waals surface area (Å²) >= 11 is 5.01. The number of benzene rings is 2. The lowest BCUT2D eigenvalue weighted by Gasteiger charge is -2.11. The van der Waals surface area contributed by atoms with Crippen molar-refractivity contribution in [3.63, 3.8) is 0 Å². The number of nitrogens with one attached hydrogen (secondary N) is 4. The Morgan fingerprint density at radius 2 is 1.68 bits per heavy atom. The molecule has 2 rings (SSSR count). The van der Waals surface area contributed by atoms with Crippen molar-refractivity contribution in [2.75, 3.05) is 6.61 Å². The van der Waals surface area contributed by atoms with E-state index >= 15 is 0 Å². The fourth-order valence-corrected chi connectivity index (χ4v) is 2.60. The van der Waals surface area contributed by atoms with Crippen molar-refractivity contribution < 1.29 is 19.1 Å². The fourth-order valence-electron chi connectivity index (χ4n) is 2.45. The molecule has 0 fully saturated rings. The van der Waals surface area contributed by atoms with Gasteiger partial charge in [0.05, 0.1) is 6.61 Å². The van der Waals surface area contributed by atoms with E-state index in [2.05, 4.69) is 21.5 Å². The van der Waals surface area contributed by atoms with Gasteiger partial charge in [-0.2, -0.15) is 0 Å². The second kappa shape index (κ2) is 13.0. The minimum absolute atomic E-state index is 0.0268. The molecule has 9 heteroatoms. The van der Waals surface area contributed by atoms with Crippen LogP contribution in [0.1, 0.15) is 42.1 Å². The van der Waals surface area contributed by atoms with Gasteiger partial charge in [-0.15, -0.1) is 0 Å². The number of carbonyl (C=O) groups excluding carboxylic acids is 3. The summed E-state index contributed by atoms with van der Waals surface area (Å²) < 4.78 is 5.50. The van der Waals surface area contributed by atoms with Crippen LogP contribution in [0, 0.1) is 0 Å². The van der Waals surface area contributed by atoms with E-state index in [0.717, 1.165) is 12.0 Å². The normalized spacial score (nSPS) is 9.97. The van der Waals surface area contributed by atoms with Crippen LogP contribution in [0.5, 0.6) is 5.75 Å². The molecule has 0 spiro atoms. The van der Waals surface area contributed by atoms with Gasteiger partial charge >= 0.3 is 0 Å². The summed E-state index contributed by atoms with van der Waals surface area (Å²) in [5, 5.41) is 5.16. The fraction of sp³-hybridized carbons (Fsp3) is 0.273. The van der Waals surface area contributed by atoms with Crippen LogP contribution in [0.25, 0.3) is 0 Å². The van der Waals surface area contributed by atoms with Gasteiger partial charge in [0, 0.05) is 24.9 Å². The molecule has 2 aromatic rings. The molecule has 4 N–H and O–H groups in total. The van der Waals surface area contributed by atoms with E-state index < -0.39 is 11.8 Å². The maximum absolute atomic E-state index is 12.3. The van der Waals surface area contributed by atoms with Crippen LogP contribution in [0.15, 0.2) is 54.6 Å². The highest BCUT2D eigenvalue weighted by molar-refractivity contribution is 7.80. The minimum Gasteiger partial charge on any atom is -0.494 e. The SMILES string of the molecule is CCCOc1cccc(C(=O)NC(=S)NNC(=O)CCC(=O)NCc2ccccc2)c1. The Morgan fingerprint density at radius 3 is 2.42 bits per heavy atom. The van der Waals surface area contributed by atoms with Crippen LogP contribution in [-0.2, 0) is 16.1 Å². The highest BCUT2D eigenvalue weighted by Crippen LogP contribution is 2.13. The van der Waals surface area contributed by atoms with Crippen molar-refractivity contribution in [2.45, 2.75) is 32.7 Å². The molecule has 0 aliphatic rings. The molecule has 31 heavy (non-hydrogen) atoms. The third-order valence-corrected chi connectivity index (χ3v) is 4.23. The molecule has 0 unspecified atom stereocenters. The van der Waals surface area contributed by atoms with E-state index in [9.17, 15) is 14.4 Å². The van der Waals surface area contributed by atoms with Gasteiger partial charge in [-0.25, -0.2) is 0 Å². The van der Waals surface area contributed by atoms with Crippen molar-refractivity contribution in [3.05, 3.63) is 65.7 Å². The summed E-state index contributed by atoms with van der Waals surface area (Å²) in [6.07, 6.45) is 0.865. The molecular formula is C22H26N4O4S. The van der Waals surface area contributed by atoms with E-state index in [1.54, 1.807) is 24.3 Å². The highest BCUT2D eigenvalue weighted by atomic mass is 32.1. The molecular weight excluding hydrogens is 416 g/mol. The van der Waals surface area contributed by atoms with Crippen LogP contribution in [0.4, 0.5) is 0 Å². The zero-order valence-electron chi connectivity index (χ0n) is 17.3. The molecule has 0 radical (unpaired) electrons. The number of hydrogen-bond acceptors (Lipinski definition) is 5. The summed E-state index contributed by atoms with van der Waals surface area (Å²) in [7, 11) is 0. The van der Waals surface area contributed by atoms with Crippen LogP contribution in [0.3, 0.4) is 0 Å². The standard InChI is InChI=1S/C22H26N4O4S/c1-2-13-30-18-10-6-9-17(14-18)21(29)24-22(31)26-25-20(28)12-11-19(27)23-15-16-7-4-3-5-8-16/h3-10,14H,2,11-13,15H2,1H3,(H,23,27)(H,25,28)(H2,24,26,29,31). The van der Waals surface area contributed by atoms with Gasteiger partial charge < -0.3 is 10.1 Å². The average molecular weight is 443 g/mol. The first-order chi connectivity index (χ1) is 15.0. The average Bonchev–Trinajstić information content (AvgIpc) is 2.79. The number of thiocarbonyl (C=S) groups is 1. The molecule has 2 aromatic carbocycles. The van der Waals surface area contributed by atoms with Gasteiger partial charge in [0.2, 0.25) is 11.8 Å². The van der Waals surface area contributed by atoms with Crippen molar-refractivity contribution in [3.8, 4) is 5.75 Å². The molecule has 0 aliphatic heterocycles. The van der Waals surface area contributed by atoms with Crippen molar-refractivity contribution in [1.29, 1.82) is 0 Å². The Bertz CT molecular complexity index is 905. The van der Waals surface area contributed by atoms with Gasteiger partial charge in [0.15, 0.2) is 5.11 Å². The molecule has 0 bridgehead atoms. The predicted octanol–water partition coefficient (Wildman–Crippen LogP) is 2.21. The van der Waals surface area contributed by atoms with E-state index in [-0.39, 0.29) is 23.9 Å². The maximum atomic E-state index is 12.3. The van der Waals surface area contributed by atoms with Crippen molar-refractivity contribution in [2.24, 2.45) is 0 Å². The molecule has 0 saturated heterocycles. The lowest BCUT2D eigenvalue weighted by molar-refractivity contribution is -0.126. The Labute approximate surface area is 186 Å². The molecule has 0 saturated carbocycles. The van der Waals surface area contributed by atoms with Gasteiger partial charge in [0.1, 0.15) is 5.75 Å². The quantitative estimate of drug-likeness (QED) is 0.350. The summed E-state index contributed by atoms with van der Waals surface area (Å²) in [5.41, 5.74) is 6.16. The number of hydrazine groups is 1. The number of hydrogen-bond donors (Lipinski definition) is 4. The Kier molecular flexibility index (Phi) is 9.96. The lowest BCUT2D eigenvalue weighted by atomic mass is 10.2. The smallest absolute Gasteiger partial charge is 0.257 e. The lowest BCUT2D eigenvalue weighted by Crippen LogP contribution is -2.48. The van der Waals surface area contributed by atoms with Crippen LogP contribution in [-0.4, -0.2) is 29.4 Å². The molecule has 0 heterocycles. The first-order valence-electron chi connectivity index (χ1n) is 9.91. The summed E-state index contributed by atoms with van der Waals surface area (Å²) in [6, 6.07) is 16.2. The third kappa shape index (κ3) is 9.26. The molecule has 164 valence electrons. The zero-order chi connectivity index (χ0) is 22.5. The topological polar surface area (TPSA) is 109 Å². The third-order valence-electron chi connectivity index (χ3n) is 4.02. The molecule has 0 aliphatic carbocycles. The van der Waals surface area contributed by atoms with Crippen molar-refractivity contribution >= 4 is 35.1 Å². The maximum Gasteiger partial charge on any atom is 0.257 e. The van der Waals surface area contributed by atoms with E-state index in [4.69, 9.17) is 17.0 Å². The number of amides is 3. The largest absolute Gasteiger partial charge is 0.494 e. The molecule has 3 amide bonds. The number of ether oxygens (including phenoxy) is 1. The summed E-state index contributed by atoms with van der Waals surface area (Å²) in [4.78, 5) is 36.0. The van der Waals surface area contributed by atoms with Crippen LogP contribution < -0.4 is 26.2 Å². The Morgan fingerprint density at radius 1 is 0.935 bits per heavy atom. The summed E-state index contributed by atoms with van der Waals surface area (Å²) in [6.45, 7) is 2.95. The second-order valence-corrected chi connectivity index (χ2v) is 7.00. The molecule has 0 aromatic heterocycles. The second-order valence-electron chi connectivity index (χ2n) is 6.60. The first-order valence-corrected chi connectivity index (χ1v) is 10.3. The Balaban J connectivity index is 1.66. The zero-order valence-corrected chi connectivity index (χ0v) is 18.1.